The molecule has 0 spiro atoms. The lowest BCUT2D eigenvalue weighted by molar-refractivity contribution is 0.388. The van der Waals surface area contributed by atoms with Gasteiger partial charge in [0.25, 0.3) is 0 Å². The van der Waals surface area contributed by atoms with Crippen LogP contribution in [0.1, 0.15) is 17.1 Å². The van der Waals surface area contributed by atoms with Gasteiger partial charge in [-0.05, 0) is 24.3 Å². The van der Waals surface area contributed by atoms with Crippen LogP contribution in [0.4, 0.5) is 0 Å². The fourth-order valence-electron chi connectivity index (χ4n) is 2.49. The van der Waals surface area contributed by atoms with Gasteiger partial charge >= 0.3 is 0 Å². The van der Waals surface area contributed by atoms with Crippen molar-refractivity contribution < 1.29 is 9.47 Å². The van der Waals surface area contributed by atoms with Crippen molar-refractivity contribution in [3.05, 3.63) is 77.9 Å². The number of nitrogens with two attached hydrogens (primary N) is 1. The number of hydrogen-bond acceptors (Lipinski definition) is 6. The minimum Gasteiger partial charge on any atom is -0.481 e. The molecule has 0 amide bonds. The zero-order valence-electron chi connectivity index (χ0n) is 13.5. The fraction of sp³-hybridized carbons (Fsp3) is 0.167. The van der Waals surface area contributed by atoms with E-state index in [0.29, 0.717) is 28.8 Å². The number of ether oxygens (including phenoxy) is 2. The Kier molecular flexibility index (Phi) is 4.39. The third-order valence-electron chi connectivity index (χ3n) is 3.74. The van der Waals surface area contributed by atoms with E-state index in [1.54, 1.807) is 32.5 Å². The van der Waals surface area contributed by atoms with Gasteiger partial charge in [-0.1, -0.05) is 18.2 Å². The van der Waals surface area contributed by atoms with E-state index in [1.165, 1.54) is 0 Å². The van der Waals surface area contributed by atoms with E-state index in [-0.39, 0.29) is 0 Å². The summed E-state index contributed by atoms with van der Waals surface area (Å²) in [5.74, 6) is 0.947. The molecule has 0 atom stereocenters. The number of hydrogen-bond donors (Lipinski definition) is 1. The molecule has 0 fully saturated rings. The second-order valence-corrected chi connectivity index (χ2v) is 5.15. The van der Waals surface area contributed by atoms with E-state index in [4.69, 9.17) is 15.2 Å². The van der Waals surface area contributed by atoms with E-state index in [1.807, 2.05) is 42.5 Å². The van der Waals surface area contributed by atoms with E-state index in [0.717, 1.165) is 0 Å². The molecule has 0 bridgehead atoms. The maximum atomic E-state index is 6.81. The van der Waals surface area contributed by atoms with Gasteiger partial charge in [0.15, 0.2) is 0 Å². The number of nitrogens with zero attached hydrogens (tertiary/aromatic N) is 3. The van der Waals surface area contributed by atoms with E-state index < -0.39 is 5.54 Å². The first-order chi connectivity index (χ1) is 11.7. The van der Waals surface area contributed by atoms with Gasteiger partial charge < -0.3 is 15.2 Å². The molecule has 0 saturated heterocycles. The monoisotopic (exact) mass is 322 g/mol. The van der Waals surface area contributed by atoms with E-state index in [2.05, 4.69) is 15.0 Å². The first kappa shape index (κ1) is 15.9. The van der Waals surface area contributed by atoms with Gasteiger partial charge in [0, 0.05) is 18.3 Å². The van der Waals surface area contributed by atoms with Gasteiger partial charge in [-0.25, -0.2) is 9.97 Å². The van der Waals surface area contributed by atoms with Crippen LogP contribution in [0.15, 0.2) is 60.8 Å². The Balaban J connectivity index is 2.24. The van der Waals surface area contributed by atoms with Crippen LogP contribution in [0.25, 0.3) is 0 Å². The van der Waals surface area contributed by atoms with Crippen LogP contribution in [-0.4, -0.2) is 29.2 Å². The van der Waals surface area contributed by atoms with Gasteiger partial charge in [0.1, 0.15) is 5.54 Å². The minimum absolute atomic E-state index is 0.473. The number of pyridine rings is 3. The highest BCUT2D eigenvalue weighted by atomic mass is 16.5. The molecular weight excluding hydrogens is 304 g/mol. The quantitative estimate of drug-likeness (QED) is 0.775. The summed E-state index contributed by atoms with van der Waals surface area (Å²) in [6, 6.07) is 16.4. The topological polar surface area (TPSA) is 83.2 Å². The third-order valence-corrected chi connectivity index (χ3v) is 3.74. The average Bonchev–Trinajstić information content (AvgIpc) is 2.68. The Bertz CT molecular complexity index is 777. The van der Waals surface area contributed by atoms with Crippen molar-refractivity contribution in [3.8, 4) is 11.8 Å². The molecule has 24 heavy (non-hydrogen) atoms. The highest BCUT2D eigenvalue weighted by molar-refractivity contribution is 5.42. The second kappa shape index (κ2) is 6.64. The van der Waals surface area contributed by atoms with Crippen molar-refractivity contribution in [1.29, 1.82) is 0 Å². The van der Waals surface area contributed by atoms with Gasteiger partial charge in [-0.3, -0.25) is 4.98 Å². The van der Waals surface area contributed by atoms with Crippen LogP contribution in [-0.2, 0) is 5.54 Å². The minimum atomic E-state index is -1.13. The summed E-state index contributed by atoms with van der Waals surface area (Å²) >= 11 is 0. The summed E-state index contributed by atoms with van der Waals surface area (Å²) in [6.45, 7) is 0. The van der Waals surface area contributed by atoms with Gasteiger partial charge in [0.2, 0.25) is 11.8 Å². The number of methoxy groups -OCH3 is 2. The standard InChI is InChI=1S/C18H18N4O2/c1-23-16-10-5-8-14(21-16)18(19,13-7-3-4-12-20-13)15-9-6-11-17(22-15)24-2/h3-12H,19H2,1-2H3. The maximum Gasteiger partial charge on any atom is 0.213 e. The van der Waals surface area contributed by atoms with Crippen LogP contribution < -0.4 is 15.2 Å². The van der Waals surface area contributed by atoms with Crippen LogP contribution in [0.5, 0.6) is 11.8 Å². The number of aromatic nitrogens is 3. The smallest absolute Gasteiger partial charge is 0.213 e. The first-order valence-corrected chi connectivity index (χ1v) is 7.42. The Morgan fingerprint density at radius 3 is 1.75 bits per heavy atom. The molecule has 122 valence electrons. The summed E-state index contributed by atoms with van der Waals surface area (Å²) in [5, 5.41) is 0. The Morgan fingerprint density at radius 2 is 1.29 bits per heavy atom. The molecule has 3 aromatic heterocycles. The van der Waals surface area contributed by atoms with Crippen molar-refractivity contribution in [1.82, 2.24) is 15.0 Å². The van der Waals surface area contributed by atoms with Crippen molar-refractivity contribution in [3.63, 3.8) is 0 Å². The van der Waals surface area contributed by atoms with Crippen molar-refractivity contribution in [2.75, 3.05) is 14.2 Å². The molecule has 0 saturated carbocycles. The SMILES string of the molecule is COc1cccc(C(N)(c2ccccn2)c2cccc(OC)n2)n1. The first-order valence-electron chi connectivity index (χ1n) is 7.42. The molecule has 2 N–H and O–H groups in total. The highest BCUT2D eigenvalue weighted by Gasteiger charge is 2.37. The zero-order chi connectivity index (χ0) is 17.0. The lowest BCUT2D eigenvalue weighted by Gasteiger charge is -2.28. The molecule has 6 heteroatoms. The summed E-state index contributed by atoms with van der Waals surface area (Å²) in [7, 11) is 3.13. The lowest BCUT2D eigenvalue weighted by Crippen LogP contribution is -2.41. The predicted molar refractivity (Wildman–Crippen MR) is 89.9 cm³/mol. The van der Waals surface area contributed by atoms with Crippen LogP contribution in [0.2, 0.25) is 0 Å². The normalized spacial score (nSPS) is 11.1. The lowest BCUT2D eigenvalue weighted by atomic mass is 9.87. The summed E-state index contributed by atoms with van der Waals surface area (Å²) in [4.78, 5) is 13.4. The molecule has 0 aliphatic carbocycles. The van der Waals surface area contributed by atoms with Crippen LogP contribution in [0, 0.1) is 0 Å². The maximum absolute atomic E-state index is 6.81. The van der Waals surface area contributed by atoms with Crippen LogP contribution >= 0.6 is 0 Å². The molecule has 0 aromatic carbocycles. The largest absolute Gasteiger partial charge is 0.481 e. The second-order valence-electron chi connectivity index (χ2n) is 5.15. The molecule has 3 rings (SSSR count). The summed E-state index contributed by atoms with van der Waals surface area (Å²) in [6.07, 6.45) is 1.69. The van der Waals surface area contributed by atoms with Crippen molar-refractivity contribution >= 4 is 0 Å². The number of rotatable bonds is 5. The molecule has 3 aromatic rings. The summed E-state index contributed by atoms with van der Waals surface area (Å²) in [5.41, 5.74) is 7.48. The van der Waals surface area contributed by atoms with E-state index in [9.17, 15) is 0 Å². The highest BCUT2D eigenvalue weighted by Crippen LogP contribution is 2.32. The molecule has 0 aliphatic rings. The van der Waals surface area contributed by atoms with Crippen LogP contribution in [0.3, 0.4) is 0 Å². The molecule has 6 nitrogen and oxygen atoms in total. The Hall–Kier alpha value is -2.99. The summed E-state index contributed by atoms with van der Waals surface area (Å²) < 4.78 is 10.5. The zero-order valence-corrected chi connectivity index (χ0v) is 13.5. The Labute approximate surface area is 140 Å². The van der Waals surface area contributed by atoms with Gasteiger partial charge in [-0.15, -0.1) is 0 Å². The van der Waals surface area contributed by atoms with Gasteiger partial charge in [-0.2, -0.15) is 0 Å². The average molecular weight is 322 g/mol. The molecule has 0 unspecified atom stereocenters. The molecule has 3 heterocycles. The third kappa shape index (κ3) is 2.79. The van der Waals surface area contributed by atoms with Gasteiger partial charge in [0.05, 0.1) is 31.3 Å². The Morgan fingerprint density at radius 1 is 0.750 bits per heavy atom. The van der Waals surface area contributed by atoms with Crippen molar-refractivity contribution in [2.45, 2.75) is 5.54 Å². The molecule has 0 aliphatic heterocycles. The predicted octanol–water partition coefficient (Wildman–Crippen LogP) is 2.14. The molecule has 0 radical (unpaired) electrons. The van der Waals surface area contributed by atoms with Crippen molar-refractivity contribution in [2.24, 2.45) is 5.73 Å². The van der Waals surface area contributed by atoms with E-state index >= 15 is 0 Å². The molecular formula is C18H18N4O2. The fourth-order valence-corrected chi connectivity index (χ4v) is 2.49.